The van der Waals surface area contributed by atoms with Crippen LogP contribution in [0.15, 0.2) is 34.8 Å². The molecule has 0 radical (unpaired) electrons. The van der Waals surface area contributed by atoms with Gasteiger partial charge in [-0.2, -0.15) is 0 Å². The van der Waals surface area contributed by atoms with Crippen LogP contribution in [0.1, 0.15) is 22.7 Å². The number of rotatable bonds is 2. The summed E-state index contributed by atoms with van der Waals surface area (Å²) in [6.07, 6.45) is 0.842. The maximum Gasteiger partial charge on any atom is 0.173 e. The van der Waals surface area contributed by atoms with Gasteiger partial charge in [0.15, 0.2) is 11.6 Å². The van der Waals surface area contributed by atoms with Gasteiger partial charge in [-0.15, -0.1) is 0 Å². The van der Waals surface area contributed by atoms with E-state index in [4.69, 9.17) is 10.5 Å². The van der Waals surface area contributed by atoms with Crippen LogP contribution < -0.4 is 10.5 Å². The van der Waals surface area contributed by atoms with E-state index in [0.717, 1.165) is 29.4 Å². The number of nitrogens with two attached hydrogens (primary N) is 1. The van der Waals surface area contributed by atoms with Crippen molar-refractivity contribution in [3.8, 4) is 5.75 Å². The molecule has 0 fully saturated rings. The fourth-order valence-corrected chi connectivity index (χ4v) is 2.93. The van der Waals surface area contributed by atoms with Gasteiger partial charge in [0.2, 0.25) is 0 Å². The van der Waals surface area contributed by atoms with Gasteiger partial charge in [0.25, 0.3) is 0 Å². The number of ether oxygens (including phenoxy) is 1. The third kappa shape index (κ3) is 2.21. The third-order valence-corrected chi connectivity index (χ3v) is 4.28. The Balaban J connectivity index is 2.00. The lowest BCUT2D eigenvalue weighted by atomic mass is 9.97. The largest absolute Gasteiger partial charge is 0.493 e. The van der Waals surface area contributed by atoms with Crippen molar-refractivity contribution in [3.05, 3.63) is 63.1 Å². The molecule has 104 valence electrons. The standard InChI is InChI=1S/C15H12BrF2NO/c16-13-10(2-3-11(17)14(13)18)15(19)9-1-4-12-8(7-9)5-6-20-12/h1-4,7,15H,5-6,19H2. The Morgan fingerprint density at radius 3 is 2.80 bits per heavy atom. The molecule has 0 aromatic heterocycles. The topological polar surface area (TPSA) is 35.2 Å². The summed E-state index contributed by atoms with van der Waals surface area (Å²) in [5.74, 6) is -0.942. The number of benzene rings is 2. The van der Waals surface area contributed by atoms with Crippen LogP contribution in [0.25, 0.3) is 0 Å². The maximum absolute atomic E-state index is 13.6. The molecule has 0 bridgehead atoms. The van der Waals surface area contributed by atoms with Crippen LogP contribution in [0.4, 0.5) is 8.78 Å². The zero-order valence-corrected chi connectivity index (χ0v) is 12.1. The summed E-state index contributed by atoms with van der Waals surface area (Å²) < 4.78 is 32.2. The van der Waals surface area contributed by atoms with Gasteiger partial charge in [0, 0.05) is 6.42 Å². The molecule has 1 atom stereocenters. The zero-order chi connectivity index (χ0) is 14.3. The Hall–Kier alpha value is -1.46. The lowest BCUT2D eigenvalue weighted by Gasteiger charge is -2.16. The van der Waals surface area contributed by atoms with E-state index in [1.54, 1.807) is 0 Å². The molecular formula is C15H12BrF2NO. The molecule has 1 aliphatic heterocycles. The van der Waals surface area contributed by atoms with Crippen molar-refractivity contribution < 1.29 is 13.5 Å². The molecule has 20 heavy (non-hydrogen) atoms. The molecule has 2 nitrogen and oxygen atoms in total. The molecule has 0 aliphatic carbocycles. The molecule has 1 heterocycles. The highest BCUT2D eigenvalue weighted by molar-refractivity contribution is 9.10. The third-order valence-electron chi connectivity index (χ3n) is 3.47. The lowest BCUT2D eigenvalue weighted by Crippen LogP contribution is -2.13. The first-order valence-corrected chi connectivity index (χ1v) is 7.02. The predicted octanol–water partition coefficient (Wildman–Crippen LogP) is 3.71. The van der Waals surface area contributed by atoms with Crippen LogP contribution in [-0.2, 0) is 6.42 Å². The predicted molar refractivity (Wildman–Crippen MR) is 75.7 cm³/mol. The van der Waals surface area contributed by atoms with E-state index in [2.05, 4.69) is 15.9 Å². The van der Waals surface area contributed by atoms with Crippen molar-refractivity contribution in [3.63, 3.8) is 0 Å². The summed E-state index contributed by atoms with van der Waals surface area (Å²) in [5.41, 5.74) is 8.63. The molecule has 5 heteroatoms. The fraction of sp³-hybridized carbons (Fsp3) is 0.200. The van der Waals surface area contributed by atoms with Gasteiger partial charge in [-0.25, -0.2) is 8.78 Å². The van der Waals surface area contributed by atoms with E-state index < -0.39 is 17.7 Å². The summed E-state index contributed by atoms with van der Waals surface area (Å²) >= 11 is 3.07. The first kappa shape index (κ1) is 13.5. The second kappa shape index (κ2) is 5.14. The Labute approximate surface area is 123 Å². The summed E-state index contributed by atoms with van der Waals surface area (Å²) in [7, 11) is 0. The van der Waals surface area contributed by atoms with Gasteiger partial charge in [-0.1, -0.05) is 18.2 Å². The van der Waals surface area contributed by atoms with Gasteiger partial charge < -0.3 is 10.5 Å². The highest BCUT2D eigenvalue weighted by Gasteiger charge is 2.20. The van der Waals surface area contributed by atoms with Gasteiger partial charge in [0.05, 0.1) is 17.1 Å². The monoisotopic (exact) mass is 339 g/mol. The molecule has 0 saturated heterocycles. The van der Waals surface area contributed by atoms with E-state index in [1.807, 2.05) is 18.2 Å². The van der Waals surface area contributed by atoms with Crippen molar-refractivity contribution in [2.45, 2.75) is 12.5 Å². The van der Waals surface area contributed by atoms with Crippen molar-refractivity contribution in [1.82, 2.24) is 0 Å². The minimum absolute atomic E-state index is 0.0711. The van der Waals surface area contributed by atoms with Crippen LogP contribution in [0.2, 0.25) is 0 Å². The Kier molecular flexibility index (Phi) is 3.48. The van der Waals surface area contributed by atoms with Gasteiger partial charge in [-0.3, -0.25) is 0 Å². The SMILES string of the molecule is NC(c1ccc2c(c1)CCO2)c1ccc(F)c(F)c1Br. The quantitative estimate of drug-likeness (QED) is 0.846. The van der Waals surface area contributed by atoms with E-state index in [1.165, 1.54) is 6.07 Å². The van der Waals surface area contributed by atoms with E-state index in [-0.39, 0.29) is 4.47 Å². The molecular weight excluding hydrogens is 328 g/mol. The highest BCUT2D eigenvalue weighted by atomic mass is 79.9. The van der Waals surface area contributed by atoms with Crippen LogP contribution in [0.3, 0.4) is 0 Å². The molecule has 2 aromatic rings. The van der Waals surface area contributed by atoms with Crippen LogP contribution in [0, 0.1) is 11.6 Å². The average molecular weight is 340 g/mol. The van der Waals surface area contributed by atoms with Crippen LogP contribution in [0.5, 0.6) is 5.75 Å². The molecule has 0 saturated carbocycles. The number of hydrogen-bond donors (Lipinski definition) is 1. The maximum atomic E-state index is 13.6. The molecule has 1 unspecified atom stereocenters. The summed E-state index contributed by atoms with van der Waals surface area (Å²) in [6, 6.07) is 7.74. The summed E-state index contributed by atoms with van der Waals surface area (Å²) in [6.45, 7) is 0.670. The van der Waals surface area contributed by atoms with E-state index >= 15 is 0 Å². The van der Waals surface area contributed by atoms with Crippen molar-refractivity contribution in [1.29, 1.82) is 0 Å². The van der Waals surface area contributed by atoms with E-state index in [0.29, 0.717) is 12.2 Å². The number of hydrogen-bond acceptors (Lipinski definition) is 2. The zero-order valence-electron chi connectivity index (χ0n) is 10.5. The Morgan fingerprint density at radius 2 is 2.00 bits per heavy atom. The minimum Gasteiger partial charge on any atom is -0.493 e. The van der Waals surface area contributed by atoms with Crippen molar-refractivity contribution in [2.24, 2.45) is 5.73 Å². The van der Waals surface area contributed by atoms with Crippen molar-refractivity contribution in [2.75, 3.05) is 6.61 Å². The summed E-state index contributed by atoms with van der Waals surface area (Å²) in [5, 5.41) is 0. The van der Waals surface area contributed by atoms with E-state index in [9.17, 15) is 8.78 Å². The van der Waals surface area contributed by atoms with Gasteiger partial charge in [-0.05, 0) is 44.8 Å². The fourth-order valence-electron chi connectivity index (χ4n) is 2.36. The smallest absolute Gasteiger partial charge is 0.173 e. The van der Waals surface area contributed by atoms with Crippen LogP contribution in [-0.4, -0.2) is 6.61 Å². The summed E-state index contributed by atoms with van der Waals surface area (Å²) in [4.78, 5) is 0. The van der Waals surface area contributed by atoms with Crippen LogP contribution >= 0.6 is 15.9 Å². The number of halogens is 3. The highest BCUT2D eigenvalue weighted by Crippen LogP contribution is 2.33. The molecule has 2 N–H and O–H groups in total. The normalized spacial score (nSPS) is 14.8. The molecule has 0 amide bonds. The molecule has 1 aliphatic rings. The first-order chi connectivity index (χ1) is 9.58. The van der Waals surface area contributed by atoms with Crippen molar-refractivity contribution >= 4 is 15.9 Å². The Morgan fingerprint density at radius 1 is 1.20 bits per heavy atom. The Bertz CT molecular complexity index is 675. The average Bonchev–Trinajstić information content (AvgIpc) is 2.91. The molecule has 3 rings (SSSR count). The molecule has 2 aromatic carbocycles. The molecule has 0 spiro atoms. The second-order valence-electron chi connectivity index (χ2n) is 4.71. The first-order valence-electron chi connectivity index (χ1n) is 6.22. The number of fused-ring (bicyclic) bond motifs is 1. The lowest BCUT2D eigenvalue weighted by molar-refractivity contribution is 0.357. The minimum atomic E-state index is -0.914. The van der Waals surface area contributed by atoms with Gasteiger partial charge >= 0.3 is 0 Å². The second-order valence-corrected chi connectivity index (χ2v) is 5.50. The van der Waals surface area contributed by atoms with Gasteiger partial charge in [0.1, 0.15) is 5.75 Å².